The van der Waals surface area contributed by atoms with Gasteiger partial charge in [-0.05, 0) is 19.5 Å². The lowest BCUT2D eigenvalue weighted by Gasteiger charge is -2.36. The maximum absolute atomic E-state index is 2.35. The topological polar surface area (TPSA) is 3.24 Å². The lowest BCUT2D eigenvalue weighted by Crippen LogP contribution is -2.41. The highest BCUT2D eigenvalue weighted by atomic mass is 15.2. The van der Waals surface area contributed by atoms with Crippen molar-refractivity contribution in [1.29, 1.82) is 0 Å². The monoisotopic (exact) mass is 191 g/mol. The Hall–Kier alpha value is -0.820. The molecule has 0 aromatic heterocycles. The molecule has 1 fully saturated rings. The van der Waals surface area contributed by atoms with Crippen LogP contribution in [-0.2, 0) is 0 Å². The van der Waals surface area contributed by atoms with E-state index in [1.165, 1.54) is 24.2 Å². The Bertz CT molecular complexity index is 257. The average Bonchev–Trinajstić information content (AvgIpc) is 2.18. The predicted octanol–water partition coefficient (Wildman–Crippen LogP) is 3.05. The number of rotatable bonds is 1. The summed E-state index contributed by atoms with van der Waals surface area (Å²) in [6, 6.07) is 8.92. The predicted molar refractivity (Wildman–Crippen MR) is 62.8 cm³/mol. The summed E-state index contributed by atoms with van der Waals surface area (Å²) < 4.78 is 0. The summed E-state index contributed by atoms with van der Waals surface area (Å²) in [7, 11) is 2.17. The summed E-state index contributed by atoms with van der Waals surface area (Å²) in [5.74, 6) is 0.788. The number of nitrogens with zero attached hydrogens (tertiary/aromatic N) is 1. The van der Waals surface area contributed by atoms with E-state index in [9.17, 15) is 0 Å². The van der Waals surface area contributed by atoms with Crippen molar-refractivity contribution in [2.45, 2.75) is 26.7 Å². The number of hydrogen-bond acceptors (Lipinski definition) is 1. The second-order valence-electron chi connectivity index (χ2n) is 3.83. The van der Waals surface area contributed by atoms with Gasteiger partial charge in [-0.3, -0.25) is 0 Å². The molecular weight excluding hydrogens is 170 g/mol. The summed E-state index contributed by atoms with van der Waals surface area (Å²) in [5.41, 5.74) is 2.85. The molecule has 1 aliphatic rings. The van der Waals surface area contributed by atoms with Crippen LogP contribution in [0.3, 0.4) is 0 Å². The summed E-state index contributed by atoms with van der Waals surface area (Å²) in [4.78, 5) is 2.35. The minimum absolute atomic E-state index is 0.788. The van der Waals surface area contributed by atoms with Crippen LogP contribution in [0.2, 0.25) is 0 Å². The zero-order chi connectivity index (χ0) is 10.6. The molecule has 78 valence electrons. The van der Waals surface area contributed by atoms with Crippen molar-refractivity contribution < 1.29 is 0 Å². The van der Waals surface area contributed by atoms with Crippen molar-refractivity contribution in [3.05, 3.63) is 35.4 Å². The van der Waals surface area contributed by atoms with E-state index in [0.717, 1.165) is 5.92 Å². The normalized spacial score (nSPS) is 16.9. The van der Waals surface area contributed by atoms with Gasteiger partial charge in [0.2, 0.25) is 0 Å². The third kappa shape index (κ3) is 2.58. The molecule has 1 nitrogen and oxygen atoms in total. The van der Waals surface area contributed by atoms with E-state index in [2.05, 4.69) is 43.1 Å². The van der Waals surface area contributed by atoms with E-state index in [1.807, 2.05) is 13.8 Å². The van der Waals surface area contributed by atoms with Gasteiger partial charge in [0, 0.05) is 19.0 Å². The summed E-state index contributed by atoms with van der Waals surface area (Å²) >= 11 is 0. The molecular formula is C13H21N. The van der Waals surface area contributed by atoms with Crippen molar-refractivity contribution in [1.82, 2.24) is 4.90 Å². The summed E-state index contributed by atoms with van der Waals surface area (Å²) in [6.07, 6.45) is 0. The van der Waals surface area contributed by atoms with Gasteiger partial charge in [-0.1, -0.05) is 43.7 Å². The van der Waals surface area contributed by atoms with E-state index in [0.29, 0.717) is 0 Å². The second-order valence-corrected chi connectivity index (χ2v) is 3.83. The van der Waals surface area contributed by atoms with Gasteiger partial charge < -0.3 is 4.90 Å². The molecule has 0 N–H and O–H groups in total. The lowest BCUT2D eigenvalue weighted by molar-refractivity contribution is 0.190. The third-order valence-electron chi connectivity index (χ3n) is 2.61. The van der Waals surface area contributed by atoms with Crippen molar-refractivity contribution in [2.24, 2.45) is 0 Å². The number of likely N-dealkylation sites (N-methyl/N-ethyl adjacent to an activating group) is 1. The molecule has 1 saturated heterocycles. The van der Waals surface area contributed by atoms with Crippen molar-refractivity contribution in [3.8, 4) is 0 Å². The van der Waals surface area contributed by atoms with Crippen LogP contribution < -0.4 is 0 Å². The van der Waals surface area contributed by atoms with E-state index in [-0.39, 0.29) is 0 Å². The smallest absolute Gasteiger partial charge is 0.00933 e. The zero-order valence-electron chi connectivity index (χ0n) is 9.75. The van der Waals surface area contributed by atoms with E-state index in [4.69, 9.17) is 0 Å². The van der Waals surface area contributed by atoms with Gasteiger partial charge in [-0.25, -0.2) is 0 Å². The number of benzene rings is 1. The molecule has 0 bridgehead atoms. The largest absolute Gasteiger partial charge is 0.305 e. The van der Waals surface area contributed by atoms with Gasteiger partial charge in [-0.15, -0.1) is 0 Å². The maximum Gasteiger partial charge on any atom is 0.00933 e. The molecule has 1 aromatic rings. The second kappa shape index (κ2) is 5.16. The Morgan fingerprint density at radius 2 is 1.57 bits per heavy atom. The van der Waals surface area contributed by atoms with Crippen LogP contribution in [0.4, 0.5) is 0 Å². The van der Waals surface area contributed by atoms with Crippen LogP contribution in [0.1, 0.15) is 30.9 Å². The molecule has 0 unspecified atom stereocenters. The van der Waals surface area contributed by atoms with Crippen LogP contribution in [0.25, 0.3) is 0 Å². The van der Waals surface area contributed by atoms with Crippen LogP contribution in [-0.4, -0.2) is 25.0 Å². The van der Waals surface area contributed by atoms with Gasteiger partial charge in [0.25, 0.3) is 0 Å². The molecule has 1 heteroatoms. The molecule has 0 saturated carbocycles. The highest BCUT2D eigenvalue weighted by molar-refractivity contribution is 5.26. The fraction of sp³-hybridized carbons (Fsp3) is 0.538. The first-order chi connectivity index (χ1) is 6.75. The maximum atomic E-state index is 2.35. The molecule has 0 amide bonds. The highest BCUT2D eigenvalue weighted by Crippen LogP contribution is 2.25. The molecule has 2 rings (SSSR count). The highest BCUT2D eigenvalue weighted by Gasteiger charge is 2.23. The molecule has 1 heterocycles. The Kier molecular flexibility index (Phi) is 4.15. The lowest BCUT2D eigenvalue weighted by atomic mass is 9.92. The number of aryl methyl sites for hydroxylation is 1. The quantitative estimate of drug-likeness (QED) is 0.659. The Morgan fingerprint density at radius 1 is 1.07 bits per heavy atom. The first kappa shape index (κ1) is 11.3. The number of hydrogen-bond donors (Lipinski definition) is 0. The van der Waals surface area contributed by atoms with Crippen LogP contribution in [0, 0.1) is 6.92 Å². The summed E-state index contributed by atoms with van der Waals surface area (Å²) in [6.45, 7) is 8.59. The van der Waals surface area contributed by atoms with Gasteiger partial charge in [0.15, 0.2) is 0 Å². The molecule has 0 radical (unpaired) electrons. The van der Waals surface area contributed by atoms with Crippen molar-refractivity contribution in [3.63, 3.8) is 0 Å². The number of likely N-dealkylation sites (tertiary alicyclic amines) is 1. The van der Waals surface area contributed by atoms with Crippen LogP contribution >= 0.6 is 0 Å². The van der Waals surface area contributed by atoms with Gasteiger partial charge in [-0.2, -0.15) is 0 Å². The SMILES string of the molecule is CC.Cc1ccc(C2CN(C)C2)cc1. The fourth-order valence-electron chi connectivity index (χ4n) is 1.75. The molecule has 0 aliphatic carbocycles. The standard InChI is InChI=1S/C11H15N.C2H6/c1-9-3-5-10(6-4-9)11-7-12(2)8-11;1-2/h3-6,11H,7-8H2,1-2H3;1-2H3. The Labute approximate surface area is 87.7 Å². The fourth-order valence-corrected chi connectivity index (χ4v) is 1.75. The molecule has 1 aromatic carbocycles. The van der Waals surface area contributed by atoms with E-state index >= 15 is 0 Å². The van der Waals surface area contributed by atoms with Gasteiger partial charge in [0.1, 0.15) is 0 Å². The molecule has 14 heavy (non-hydrogen) atoms. The zero-order valence-corrected chi connectivity index (χ0v) is 9.75. The molecule has 0 atom stereocenters. The van der Waals surface area contributed by atoms with Crippen LogP contribution in [0.5, 0.6) is 0 Å². The first-order valence-corrected chi connectivity index (χ1v) is 5.51. The van der Waals surface area contributed by atoms with Crippen LogP contribution in [0.15, 0.2) is 24.3 Å². The van der Waals surface area contributed by atoms with Gasteiger partial charge >= 0.3 is 0 Å². The molecule has 1 aliphatic heterocycles. The minimum atomic E-state index is 0.788. The Morgan fingerprint density at radius 3 is 2.00 bits per heavy atom. The third-order valence-corrected chi connectivity index (χ3v) is 2.61. The van der Waals surface area contributed by atoms with E-state index < -0.39 is 0 Å². The van der Waals surface area contributed by atoms with Crippen molar-refractivity contribution >= 4 is 0 Å². The van der Waals surface area contributed by atoms with E-state index in [1.54, 1.807) is 0 Å². The van der Waals surface area contributed by atoms with Crippen molar-refractivity contribution in [2.75, 3.05) is 20.1 Å². The molecule has 0 spiro atoms. The van der Waals surface area contributed by atoms with Gasteiger partial charge in [0.05, 0.1) is 0 Å². The Balaban J connectivity index is 0.000000461. The first-order valence-electron chi connectivity index (χ1n) is 5.51. The average molecular weight is 191 g/mol. The minimum Gasteiger partial charge on any atom is -0.305 e. The summed E-state index contributed by atoms with van der Waals surface area (Å²) in [5, 5.41) is 0.